The van der Waals surface area contributed by atoms with Gasteiger partial charge in [-0.05, 0) is 31.7 Å². The molecule has 0 aromatic carbocycles. The van der Waals surface area contributed by atoms with Crippen LogP contribution in [-0.2, 0) is 0 Å². The van der Waals surface area contributed by atoms with E-state index in [2.05, 4.69) is 0 Å². The van der Waals surface area contributed by atoms with E-state index in [0.717, 1.165) is 18.9 Å². The first-order valence-electron chi connectivity index (χ1n) is 3.80. The van der Waals surface area contributed by atoms with Crippen molar-refractivity contribution in [2.24, 2.45) is 17.4 Å². The second-order valence-electron chi connectivity index (χ2n) is 2.93. The van der Waals surface area contributed by atoms with Gasteiger partial charge in [-0.2, -0.15) is 0 Å². The highest BCUT2D eigenvalue weighted by Crippen LogP contribution is 2.25. The van der Waals surface area contributed by atoms with Crippen LogP contribution in [0.5, 0.6) is 0 Å². The highest BCUT2D eigenvalue weighted by atomic mass is 14.7. The highest BCUT2D eigenvalue weighted by molar-refractivity contribution is 4.79. The van der Waals surface area contributed by atoms with E-state index in [1.54, 1.807) is 0 Å². The largest absolute Gasteiger partial charge is 0.330 e. The average molecular weight is 128 g/mol. The van der Waals surface area contributed by atoms with Crippen LogP contribution in [0.1, 0.15) is 25.7 Å². The zero-order chi connectivity index (χ0) is 6.69. The van der Waals surface area contributed by atoms with Crippen LogP contribution in [0.25, 0.3) is 0 Å². The maximum absolute atomic E-state index is 5.81. The molecule has 1 aliphatic rings. The Kier molecular flexibility index (Phi) is 2.49. The molecular weight excluding hydrogens is 112 g/mol. The first-order chi connectivity index (χ1) is 4.34. The maximum Gasteiger partial charge on any atom is 0.00676 e. The molecule has 0 spiro atoms. The third kappa shape index (κ3) is 1.66. The van der Waals surface area contributed by atoms with Gasteiger partial charge in [0.2, 0.25) is 0 Å². The second kappa shape index (κ2) is 3.18. The quantitative estimate of drug-likeness (QED) is 0.567. The van der Waals surface area contributed by atoms with Crippen molar-refractivity contribution in [3.8, 4) is 0 Å². The summed E-state index contributed by atoms with van der Waals surface area (Å²) in [5.74, 6) is 0.731. The number of hydrogen-bond donors (Lipinski definition) is 2. The molecule has 0 saturated heterocycles. The van der Waals surface area contributed by atoms with E-state index in [1.165, 1.54) is 19.3 Å². The fourth-order valence-electron chi connectivity index (χ4n) is 1.64. The third-order valence-electron chi connectivity index (χ3n) is 2.26. The Balaban J connectivity index is 2.22. The van der Waals surface area contributed by atoms with Crippen molar-refractivity contribution >= 4 is 0 Å². The van der Waals surface area contributed by atoms with Crippen LogP contribution in [0.4, 0.5) is 0 Å². The third-order valence-corrected chi connectivity index (χ3v) is 2.26. The van der Waals surface area contributed by atoms with Crippen LogP contribution in [0, 0.1) is 5.92 Å². The molecule has 0 unspecified atom stereocenters. The Morgan fingerprint density at radius 2 is 2.11 bits per heavy atom. The minimum atomic E-state index is 0.452. The standard InChI is InChI=1S/C7H16N2/c8-5-4-6-2-1-3-7(6)9/h6-7H,1-5,8-9H2/t6-,7+/m0/s1. The Bertz CT molecular complexity index is 83.0. The average Bonchev–Trinajstić information content (AvgIpc) is 2.18. The van der Waals surface area contributed by atoms with Crippen molar-refractivity contribution in [3.05, 3.63) is 0 Å². The maximum atomic E-state index is 5.81. The molecule has 1 saturated carbocycles. The SMILES string of the molecule is NCC[C@@H]1CCC[C@H]1N. The van der Waals surface area contributed by atoms with Gasteiger partial charge >= 0.3 is 0 Å². The summed E-state index contributed by atoms with van der Waals surface area (Å²) >= 11 is 0. The van der Waals surface area contributed by atoms with Crippen LogP contribution in [0.2, 0.25) is 0 Å². The van der Waals surface area contributed by atoms with E-state index < -0.39 is 0 Å². The van der Waals surface area contributed by atoms with E-state index in [0.29, 0.717) is 6.04 Å². The molecule has 2 atom stereocenters. The minimum absolute atomic E-state index is 0.452. The minimum Gasteiger partial charge on any atom is -0.330 e. The van der Waals surface area contributed by atoms with Gasteiger partial charge in [-0.1, -0.05) is 6.42 Å². The van der Waals surface area contributed by atoms with Crippen molar-refractivity contribution in [1.29, 1.82) is 0 Å². The van der Waals surface area contributed by atoms with E-state index >= 15 is 0 Å². The number of nitrogens with two attached hydrogens (primary N) is 2. The summed E-state index contributed by atoms with van der Waals surface area (Å²) in [5, 5.41) is 0. The van der Waals surface area contributed by atoms with Gasteiger partial charge in [0, 0.05) is 6.04 Å². The molecule has 0 aliphatic heterocycles. The zero-order valence-corrected chi connectivity index (χ0v) is 5.84. The van der Waals surface area contributed by atoms with Crippen LogP contribution < -0.4 is 11.5 Å². The molecule has 2 nitrogen and oxygen atoms in total. The van der Waals surface area contributed by atoms with Gasteiger partial charge in [-0.3, -0.25) is 0 Å². The Labute approximate surface area is 56.6 Å². The molecule has 0 radical (unpaired) electrons. The van der Waals surface area contributed by atoms with E-state index in [9.17, 15) is 0 Å². The molecular formula is C7H16N2. The van der Waals surface area contributed by atoms with Gasteiger partial charge in [-0.25, -0.2) is 0 Å². The fraction of sp³-hybridized carbons (Fsp3) is 1.00. The molecule has 1 rings (SSSR count). The van der Waals surface area contributed by atoms with Crippen LogP contribution in [0.15, 0.2) is 0 Å². The Morgan fingerprint density at radius 1 is 1.33 bits per heavy atom. The van der Waals surface area contributed by atoms with Crippen molar-refractivity contribution in [2.75, 3.05) is 6.54 Å². The molecule has 0 heterocycles. The molecule has 0 bridgehead atoms. The Hall–Kier alpha value is -0.0800. The summed E-state index contributed by atoms with van der Waals surface area (Å²) in [5.41, 5.74) is 11.2. The summed E-state index contributed by atoms with van der Waals surface area (Å²) in [4.78, 5) is 0. The highest BCUT2D eigenvalue weighted by Gasteiger charge is 2.22. The molecule has 54 valence electrons. The summed E-state index contributed by atoms with van der Waals surface area (Å²) < 4.78 is 0. The zero-order valence-electron chi connectivity index (χ0n) is 5.84. The summed E-state index contributed by atoms with van der Waals surface area (Å²) in [6.45, 7) is 0.804. The first kappa shape index (κ1) is 7.03. The van der Waals surface area contributed by atoms with Gasteiger partial charge in [0.25, 0.3) is 0 Å². The van der Waals surface area contributed by atoms with E-state index in [4.69, 9.17) is 11.5 Å². The normalized spacial score (nSPS) is 35.3. The summed E-state index contributed by atoms with van der Waals surface area (Å²) in [7, 11) is 0. The molecule has 0 aromatic rings. The molecule has 1 fully saturated rings. The number of hydrogen-bond acceptors (Lipinski definition) is 2. The molecule has 4 N–H and O–H groups in total. The monoisotopic (exact) mass is 128 g/mol. The number of rotatable bonds is 2. The van der Waals surface area contributed by atoms with Gasteiger partial charge in [0.1, 0.15) is 0 Å². The summed E-state index contributed by atoms with van der Waals surface area (Å²) in [6.07, 6.45) is 4.95. The lowest BCUT2D eigenvalue weighted by Gasteiger charge is -2.12. The fourth-order valence-corrected chi connectivity index (χ4v) is 1.64. The van der Waals surface area contributed by atoms with Crippen LogP contribution in [-0.4, -0.2) is 12.6 Å². The summed E-state index contributed by atoms with van der Waals surface area (Å²) in [6, 6.07) is 0.452. The van der Waals surface area contributed by atoms with Crippen molar-refractivity contribution in [2.45, 2.75) is 31.7 Å². The second-order valence-corrected chi connectivity index (χ2v) is 2.93. The van der Waals surface area contributed by atoms with Gasteiger partial charge in [0.15, 0.2) is 0 Å². The molecule has 0 aromatic heterocycles. The van der Waals surface area contributed by atoms with E-state index in [-0.39, 0.29) is 0 Å². The molecule has 1 aliphatic carbocycles. The van der Waals surface area contributed by atoms with Gasteiger partial charge in [0.05, 0.1) is 0 Å². The lowest BCUT2D eigenvalue weighted by atomic mass is 10.0. The Morgan fingerprint density at radius 3 is 2.56 bits per heavy atom. The molecule has 0 amide bonds. The van der Waals surface area contributed by atoms with E-state index in [1.807, 2.05) is 0 Å². The van der Waals surface area contributed by atoms with Crippen LogP contribution >= 0.6 is 0 Å². The van der Waals surface area contributed by atoms with Crippen LogP contribution in [0.3, 0.4) is 0 Å². The first-order valence-corrected chi connectivity index (χ1v) is 3.80. The predicted octanol–water partition coefficient (Wildman–Crippen LogP) is 0.463. The van der Waals surface area contributed by atoms with Crippen molar-refractivity contribution < 1.29 is 0 Å². The van der Waals surface area contributed by atoms with Gasteiger partial charge in [-0.15, -0.1) is 0 Å². The lowest BCUT2D eigenvalue weighted by molar-refractivity contribution is 0.453. The van der Waals surface area contributed by atoms with Crippen molar-refractivity contribution in [3.63, 3.8) is 0 Å². The molecule has 2 heteroatoms. The smallest absolute Gasteiger partial charge is 0.00676 e. The lowest BCUT2D eigenvalue weighted by Crippen LogP contribution is -2.26. The van der Waals surface area contributed by atoms with Crippen molar-refractivity contribution in [1.82, 2.24) is 0 Å². The molecule has 9 heavy (non-hydrogen) atoms. The topological polar surface area (TPSA) is 52.0 Å². The van der Waals surface area contributed by atoms with Gasteiger partial charge < -0.3 is 11.5 Å². The predicted molar refractivity (Wildman–Crippen MR) is 39.0 cm³/mol.